The first-order chi connectivity index (χ1) is 9.51. The lowest BCUT2D eigenvalue weighted by atomic mass is 9.73. The van der Waals surface area contributed by atoms with Crippen molar-refractivity contribution in [3.63, 3.8) is 0 Å². The van der Waals surface area contributed by atoms with E-state index >= 15 is 0 Å². The Balaban J connectivity index is 2.45. The van der Waals surface area contributed by atoms with Gasteiger partial charge in [0.25, 0.3) is 0 Å². The Morgan fingerprint density at radius 1 is 1.30 bits per heavy atom. The summed E-state index contributed by atoms with van der Waals surface area (Å²) in [6.07, 6.45) is 5.61. The number of hydrazine groups is 1. The average Bonchev–Trinajstić information content (AvgIpc) is 2.44. The Kier molecular flexibility index (Phi) is 5.02. The number of rotatable bonds is 4. The first-order valence-corrected chi connectivity index (χ1v) is 7.47. The third kappa shape index (κ3) is 2.84. The van der Waals surface area contributed by atoms with Gasteiger partial charge in [0.2, 0.25) is 0 Å². The Bertz CT molecular complexity index is 458. The highest BCUT2D eigenvalue weighted by atomic mass is 35.5. The molecule has 0 amide bonds. The number of nitrogens with two attached hydrogens (primary N) is 1. The second kappa shape index (κ2) is 6.39. The van der Waals surface area contributed by atoms with Crippen LogP contribution in [0.1, 0.15) is 43.7 Å². The van der Waals surface area contributed by atoms with Gasteiger partial charge in [0.05, 0.1) is 6.04 Å². The topological polar surface area (TPSA) is 41.3 Å². The molecule has 112 valence electrons. The van der Waals surface area contributed by atoms with Gasteiger partial charge in [-0.25, -0.2) is 4.39 Å². The van der Waals surface area contributed by atoms with Crippen LogP contribution >= 0.6 is 11.6 Å². The summed E-state index contributed by atoms with van der Waals surface area (Å²) in [6.45, 7) is 0. The fourth-order valence-electron chi connectivity index (χ4n) is 3.43. The van der Waals surface area contributed by atoms with Gasteiger partial charge < -0.3 is 4.90 Å². The molecule has 1 fully saturated rings. The van der Waals surface area contributed by atoms with E-state index in [0.29, 0.717) is 5.02 Å². The molecule has 1 aromatic carbocycles. The second-order valence-electron chi connectivity index (χ2n) is 5.82. The second-order valence-corrected chi connectivity index (χ2v) is 6.23. The zero-order valence-corrected chi connectivity index (χ0v) is 12.9. The Labute approximate surface area is 125 Å². The molecule has 0 bridgehead atoms. The monoisotopic (exact) mass is 299 g/mol. The SMILES string of the molecule is CN(C)C1(C(NN)c2cc(F)ccc2Cl)CCCCC1. The number of benzene rings is 1. The summed E-state index contributed by atoms with van der Waals surface area (Å²) < 4.78 is 13.6. The molecular formula is C15H23ClFN3. The molecule has 1 aliphatic carbocycles. The molecule has 3 nitrogen and oxygen atoms in total. The van der Waals surface area contributed by atoms with Crippen LogP contribution in [0.4, 0.5) is 4.39 Å². The number of likely N-dealkylation sites (N-methyl/N-ethyl adjacent to an activating group) is 1. The molecule has 5 heteroatoms. The summed E-state index contributed by atoms with van der Waals surface area (Å²) in [6, 6.07) is 4.29. The fourth-order valence-corrected chi connectivity index (χ4v) is 3.65. The minimum Gasteiger partial charge on any atom is -0.302 e. The van der Waals surface area contributed by atoms with Crippen molar-refractivity contribution >= 4 is 11.6 Å². The highest BCUT2D eigenvalue weighted by molar-refractivity contribution is 6.31. The number of nitrogens with zero attached hydrogens (tertiary/aromatic N) is 1. The maximum atomic E-state index is 13.6. The van der Waals surface area contributed by atoms with E-state index in [1.54, 1.807) is 6.07 Å². The molecule has 3 N–H and O–H groups in total. The molecule has 0 radical (unpaired) electrons. The first-order valence-electron chi connectivity index (χ1n) is 7.10. The smallest absolute Gasteiger partial charge is 0.123 e. The van der Waals surface area contributed by atoms with Crippen molar-refractivity contribution in [3.8, 4) is 0 Å². The van der Waals surface area contributed by atoms with Crippen molar-refractivity contribution in [1.29, 1.82) is 0 Å². The van der Waals surface area contributed by atoms with E-state index in [4.69, 9.17) is 17.4 Å². The number of halogens is 2. The third-order valence-electron chi connectivity index (χ3n) is 4.58. The van der Waals surface area contributed by atoms with Crippen molar-refractivity contribution in [2.75, 3.05) is 14.1 Å². The van der Waals surface area contributed by atoms with Gasteiger partial charge in [0, 0.05) is 10.6 Å². The fraction of sp³-hybridized carbons (Fsp3) is 0.600. The van der Waals surface area contributed by atoms with Crippen LogP contribution in [0.15, 0.2) is 18.2 Å². The molecular weight excluding hydrogens is 277 g/mol. The van der Waals surface area contributed by atoms with Gasteiger partial charge in [-0.05, 0) is 50.7 Å². The third-order valence-corrected chi connectivity index (χ3v) is 4.93. The summed E-state index contributed by atoms with van der Waals surface area (Å²) in [5.41, 5.74) is 3.51. The maximum absolute atomic E-state index is 13.6. The van der Waals surface area contributed by atoms with Crippen LogP contribution in [-0.4, -0.2) is 24.5 Å². The predicted molar refractivity (Wildman–Crippen MR) is 81.0 cm³/mol. The van der Waals surface area contributed by atoms with Crippen LogP contribution in [0, 0.1) is 5.82 Å². The average molecular weight is 300 g/mol. The lowest BCUT2D eigenvalue weighted by molar-refractivity contribution is 0.0563. The standard InChI is InChI=1S/C15H23ClFN3/c1-20(2)15(8-4-3-5-9-15)14(19-18)12-10-11(17)6-7-13(12)16/h6-7,10,14,19H,3-5,8-9,18H2,1-2H3. The molecule has 0 saturated heterocycles. The highest BCUT2D eigenvalue weighted by Crippen LogP contribution is 2.43. The van der Waals surface area contributed by atoms with Crippen LogP contribution in [0.3, 0.4) is 0 Å². The molecule has 1 saturated carbocycles. The molecule has 0 aliphatic heterocycles. The summed E-state index contributed by atoms with van der Waals surface area (Å²) in [7, 11) is 4.12. The molecule has 1 atom stereocenters. The molecule has 0 spiro atoms. The van der Waals surface area contributed by atoms with Crippen LogP contribution in [-0.2, 0) is 0 Å². The molecule has 0 heterocycles. The Hall–Kier alpha value is -0.680. The van der Waals surface area contributed by atoms with E-state index in [0.717, 1.165) is 31.2 Å². The Morgan fingerprint density at radius 3 is 2.50 bits per heavy atom. The lowest BCUT2D eigenvalue weighted by Crippen LogP contribution is -2.56. The molecule has 1 unspecified atom stereocenters. The normalized spacial score (nSPS) is 20.1. The largest absolute Gasteiger partial charge is 0.302 e. The van der Waals surface area contributed by atoms with Gasteiger partial charge in [-0.15, -0.1) is 0 Å². The number of nitrogens with one attached hydrogen (secondary N) is 1. The van der Waals surface area contributed by atoms with Gasteiger partial charge in [-0.2, -0.15) is 0 Å². The summed E-state index contributed by atoms with van der Waals surface area (Å²) in [4.78, 5) is 2.21. The minimum atomic E-state index is -0.283. The van der Waals surface area contributed by atoms with Gasteiger partial charge in [-0.1, -0.05) is 30.9 Å². The highest BCUT2D eigenvalue weighted by Gasteiger charge is 2.42. The van der Waals surface area contributed by atoms with Crippen molar-refractivity contribution in [2.45, 2.75) is 43.7 Å². The molecule has 0 aromatic heterocycles. The predicted octanol–water partition coefficient (Wildman–Crippen LogP) is 3.25. The van der Waals surface area contributed by atoms with Crippen molar-refractivity contribution in [2.24, 2.45) is 5.84 Å². The minimum absolute atomic E-state index is 0.121. The lowest BCUT2D eigenvalue weighted by Gasteiger charge is -2.48. The summed E-state index contributed by atoms with van der Waals surface area (Å²) in [5, 5.41) is 0.557. The van der Waals surface area contributed by atoms with E-state index in [1.807, 2.05) is 0 Å². The van der Waals surface area contributed by atoms with E-state index < -0.39 is 0 Å². The van der Waals surface area contributed by atoms with E-state index in [9.17, 15) is 4.39 Å². The Morgan fingerprint density at radius 2 is 1.95 bits per heavy atom. The van der Waals surface area contributed by atoms with Crippen LogP contribution in [0.5, 0.6) is 0 Å². The first kappa shape index (κ1) is 15.7. The molecule has 20 heavy (non-hydrogen) atoms. The maximum Gasteiger partial charge on any atom is 0.123 e. The van der Waals surface area contributed by atoms with Crippen molar-refractivity contribution in [3.05, 3.63) is 34.6 Å². The summed E-state index contributed by atoms with van der Waals surface area (Å²) in [5.74, 6) is 5.54. The molecule has 1 aliphatic rings. The van der Waals surface area contributed by atoms with Crippen molar-refractivity contribution < 1.29 is 4.39 Å². The number of hydrogen-bond acceptors (Lipinski definition) is 3. The van der Waals surface area contributed by atoms with Gasteiger partial charge in [-0.3, -0.25) is 11.3 Å². The van der Waals surface area contributed by atoms with Crippen LogP contribution in [0.25, 0.3) is 0 Å². The van der Waals surface area contributed by atoms with Gasteiger partial charge >= 0.3 is 0 Å². The molecule has 2 rings (SSSR count). The van der Waals surface area contributed by atoms with Crippen LogP contribution < -0.4 is 11.3 Å². The van der Waals surface area contributed by atoms with Gasteiger partial charge in [0.1, 0.15) is 5.82 Å². The van der Waals surface area contributed by atoms with Crippen LogP contribution in [0.2, 0.25) is 5.02 Å². The van der Waals surface area contributed by atoms with E-state index in [-0.39, 0.29) is 17.4 Å². The summed E-state index contributed by atoms with van der Waals surface area (Å²) >= 11 is 6.27. The zero-order chi connectivity index (χ0) is 14.8. The number of hydrogen-bond donors (Lipinski definition) is 2. The van der Waals surface area contributed by atoms with Gasteiger partial charge in [0.15, 0.2) is 0 Å². The van der Waals surface area contributed by atoms with E-state index in [1.165, 1.54) is 18.6 Å². The zero-order valence-electron chi connectivity index (χ0n) is 12.1. The quantitative estimate of drug-likeness (QED) is 0.662. The molecule has 1 aromatic rings. The van der Waals surface area contributed by atoms with E-state index in [2.05, 4.69) is 24.4 Å². The van der Waals surface area contributed by atoms with Crippen molar-refractivity contribution in [1.82, 2.24) is 10.3 Å².